The maximum absolute atomic E-state index is 12.3. The molecule has 12 N–H and O–H groups in total. The van der Waals surface area contributed by atoms with Crippen LogP contribution in [-0.4, -0.2) is 192 Å². The highest BCUT2D eigenvalue weighted by Gasteiger charge is 2.57. The number of aliphatic carboxylic acids is 1. The molecule has 3 saturated heterocycles. The van der Waals surface area contributed by atoms with Crippen molar-refractivity contribution in [3.8, 4) is 0 Å². The van der Waals surface area contributed by atoms with Crippen molar-refractivity contribution in [3.05, 3.63) is 0 Å². The molecule has 3 aliphatic heterocycles. The SMILES string of the molecule is CC(=O)N[C@H]1[C@@H](O[C@H]2[C@H](O)[C@@H](OS(=O)(=O)O)[C@H](O[C@H]3[C@H](O)[C@@H](NS(=O)(=O)O)[C@@H](O)O[C@@H]3CO)O[C@H]2C(=O)O)O[C@H](COS(=O)(=O)O)[C@@H](O)[C@@H]1O. The van der Waals surface area contributed by atoms with Crippen LogP contribution in [0.2, 0.25) is 0 Å². The highest BCUT2D eigenvalue weighted by molar-refractivity contribution is 7.83. The molecule has 0 aromatic heterocycles. The number of nitrogens with one attached hydrogen (secondary N) is 2. The minimum Gasteiger partial charge on any atom is -0.479 e. The summed E-state index contributed by atoms with van der Waals surface area (Å²) in [7, 11) is -16.0. The van der Waals surface area contributed by atoms with E-state index < -0.39 is 148 Å². The summed E-state index contributed by atoms with van der Waals surface area (Å²) in [6.07, 6.45) is -29.8. The molecule has 27 nitrogen and oxygen atoms in total. The van der Waals surface area contributed by atoms with Gasteiger partial charge in [-0.2, -0.15) is 30.0 Å². The van der Waals surface area contributed by atoms with Crippen LogP contribution >= 0.6 is 0 Å². The molecule has 3 aliphatic rings. The molecule has 0 bridgehead atoms. The van der Waals surface area contributed by atoms with Crippen LogP contribution in [0.15, 0.2) is 0 Å². The standard InChI is InChI=1S/C20H34N2O25S3/c1-4(24)21-8-10(26)9(25)6(3-41-49(35,36)37)43-19(8)45-14-12(28)15(47-50(38,39)40)20(46-16(14)17(29)30)44-13-5(2-23)42-18(31)7(11(13)27)22-48(32,33)34/h5-16,18-20,22-23,25-28,31H,2-3H2,1H3,(H,21,24)(H,29,30)(H,32,33,34)(H,35,36,37)(H,38,39,40)/t5-,6-,7-,8-,9-,10-,11-,12+,13-,14+,15-,16-,18+,19-,20-/m1/s1. The first-order valence-electron chi connectivity index (χ1n) is 13.6. The maximum atomic E-state index is 12.3. The number of aliphatic hydroxyl groups excluding tert-OH is 6. The van der Waals surface area contributed by atoms with E-state index in [0.29, 0.717) is 0 Å². The first-order valence-corrected chi connectivity index (χ1v) is 17.8. The van der Waals surface area contributed by atoms with E-state index >= 15 is 0 Å². The quantitative estimate of drug-likeness (QED) is 0.0726. The lowest BCUT2D eigenvalue weighted by molar-refractivity contribution is -0.358. The summed E-state index contributed by atoms with van der Waals surface area (Å²) in [6, 6.07) is -4.05. The van der Waals surface area contributed by atoms with Crippen molar-refractivity contribution in [3.63, 3.8) is 0 Å². The Kier molecular flexibility index (Phi) is 14.0. The second kappa shape index (κ2) is 16.4. The number of amides is 1. The van der Waals surface area contributed by atoms with Gasteiger partial charge in [0.15, 0.2) is 31.1 Å². The molecule has 3 rings (SSSR count). The number of ether oxygens (including phenoxy) is 5. The van der Waals surface area contributed by atoms with E-state index in [1.165, 1.54) is 4.72 Å². The van der Waals surface area contributed by atoms with Crippen LogP contribution in [0.1, 0.15) is 6.92 Å². The van der Waals surface area contributed by atoms with Crippen LogP contribution < -0.4 is 10.0 Å². The van der Waals surface area contributed by atoms with E-state index in [0.717, 1.165) is 6.92 Å². The average molecular weight is 799 g/mol. The number of carboxylic acid groups (broad SMARTS) is 1. The highest BCUT2D eigenvalue weighted by atomic mass is 32.3. The number of carbonyl (C=O) groups is 2. The molecule has 50 heavy (non-hydrogen) atoms. The first kappa shape index (κ1) is 42.5. The van der Waals surface area contributed by atoms with Crippen molar-refractivity contribution >= 4 is 43.0 Å². The number of rotatable bonds is 14. The maximum Gasteiger partial charge on any atom is 0.397 e. The van der Waals surface area contributed by atoms with Crippen LogP contribution in [0.3, 0.4) is 0 Å². The normalized spacial score (nSPS) is 40.2. The smallest absolute Gasteiger partial charge is 0.397 e. The minimum absolute atomic E-state index is 0.901. The van der Waals surface area contributed by atoms with Gasteiger partial charge in [0.1, 0.15) is 60.9 Å². The van der Waals surface area contributed by atoms with E-state index in [-0.39, 0.29) is 0 Å². The van der Waals surface area contributed by atoms with Crippen LogP contribution in [0.25, 0.3) is 0 Å². The lowest BCUT2D eigenvalue weighted by Crippen LogP contribution is -2.69. The van der Waals surface area contributed by atoms with E-state index in [2.05, 4.69) is 13.7 Å². The summed E-state index contributed by atoms with van der Waals surface area (Å²) in [5, 5.41) is 74.8. The average Bonchev–Trinajstić information content (AvgIpc) is 2.96. The van der Waals surface area contributed by atoms with Crippen molar-refractivity contribution < 1.29 is 116 Å². The van der Waals surface area contributed by atoms with Crippen LogP contribution in [0, 0.1) is 0 Å². The third-order valence-corrected chi connectivity index (χ3v) is 8.66. The molecule has 0 unspecified atom stereocenters. The molecule has 0 aromatic carbocycles. The zero-order valence-electron chi connectivity index (χ0n) is 24.9. The number of carboxylic acids is 1. The van der Waals surface area contributed by atoms with Gasteiger partial charge in [0.05, 0.1) is 13.2 Å². The molecule has 0 radical (unpaired) electrons. The van der Waals surface area contributed by atoms with Crippen molar-refractivity contribution in [2.75, 3.05) is 13.2 Å². The number of carbonyl (C=O) groups excluding carboxylic acids is 1. The molecule has 0 spiro atoms. The van der Waals surface area contributed by atoms with E-state index in [4.69, 9.17) is 32.8 Å². The molecule has 3 fully saturated rings. The summed E-state index contributed by atoms with van der Waals surface area (Å²) in [5.41, 5.74) is 0. The fourth-order valence-electron chi connectivity index (χ4n) is 5.11. The Morgan fingerprint density at radius 2 is 1.32 bits per heavy atom. The lowest BCUT2D eigenvalue weighted by atomic mass is 9.94. The van der Waals surface area contributed by atoms with Crippen molar-refractivity contribution in [1.82, 2.24) is 10.0 Å². The van der Waals surface area contributed by atoms with Crippen LogP contribution in [0.4, 0.5) is 0 Å². The van der Waals surface area contributed by atoms with Gasteiger partial charge in [-0.3, -0.25) is 18.5 Å². The van der Waals surface area contributed by atoms with Gasteiger partial charge >= 0.3 is 37.1 Å². The number of hydrogen-bond acceptors (Lipinski definition) is 21. The van der Waals surface area contributed by atoms with E-state index in [1.807, 2.05) is 0 Å². The molecule has 1 amide bonds. The lowest BCUT2D eigenvalue weighted by Gasteiger charge is -2.48. The van der Waals surface area contributed by atoms with E-state index in [9.17, 15) is 75.1 Å². The summed E-state index contributed by atoms with van der Waals surface area (Å²) < 4.78 is 132. The van der Waals surface area contributed by atoms with Gasteiger partial charge in [-0.05, 0) is 0 Å². The van der Waals surface area contributed by atoms with Gasteiger partial charge in [-0.1, -0.05) is 0 Å². The third-order valence-electron chi connectivity index (χ3n) is 7.19. The molecule has 3 heterocycles. The topological polar surface area (TPSA) is 428 Å². The second-order valence-corrected chi connectivity index (χ2v) is 14.1. The van der Waals surface area contributed by atoms with Gasteiger partial charge in [0.25, 0.3) is 0 Å². The van der Waals surface area contributed by atoms with E-state index in [1.54, 1.807) is 0 Å². The summed E-state index contributed by atoms with van der Waals surface area (Å²) in [4.78, 5) is 24.2. The Bertz CT molecular complexity index is 1530. The second-order valence-electron chi connectivity index (χ2n) is 10.8. The zero-order chi connectivity index (χ0) is 38.1. The largest absolute Gasteiger partial charge is 0.479 e. The molecule has 0 aliphatic carbocycles. The Morgan fingerprint density at radius 3 is 1.82 bits per heavy atom. The Morgan fingerprint density at radius 1 is 0.720 bits per heavy atom. The Hall–Kier alpha value is -1.89. The van der Waals surface area contributed by atoms with Gasteiger partial charge in [-0.25, -0.2) is 13.2 Å². The fraction of sp³-hybridized carbons (Fsp3) is 0.900. The zero-order valence-corrected chi connectivity index (χ0v) is 27.3. The molecular formula is C20H34N2O25S3. The summed E-state index contributed by atoms with van der Waals surface area (Å²) in [5.74, 6) is -2.98. The predicted octanol–water partition coefficient (Wildman–Crippen LogP) is -8.28. The van der Waals surface area contributed by atoms with Gasteiger partial charge in [-0.15, -0.1) is 0 Å². The monoisotopic (exact) mass is 798 g/mol. The van der Waals surface area contributed by atoms with Crippen molar-refractivity contribution in [2.24, 2.45) is 0 Å². The third kappa shape index (κ3) is 11.1. The Labute approximate surface area is 281 Å². The number of aliphatic hydroxyl groups is 6. The highest BCUT2D eigenvalue weighted by Crippen LogP contribution is 2.34. The molecule has 30 heteroatoms. The predicted molar refractivity (Wildman–Crippen MR) is 147 cm³/mol. The van der Waals surface area contributed by atoms with Gasteiger partial charge in [0.2, 0.25) is 5.91 Å². The van der Waals surface area contributed by atoms with Gasteiger partial charge in [0, 0.05) is 6.92 Å². The summed E-state index contributed by atoms with van der Waals surface area (Å²) >= 11 is 0. The first-order chi connectivity index (χ1) is 22.8. The molecule has 0 saturated carbocycles. The van der Waals surface area contributed by atoms with Crippen molar-refractivity contribution in [1.29, 1.82) is 0 Å². The van der Waals surface area contributed by atoms with Crippen LogP contribution in [0.5, 0.6) is 0 Å². The Balaban J connectivity index is 2.00. The molecular weight excluding hydrogens is 764 g/mol. The molecule has 292 valence electrons. The minimum atomic E-state index is -5.66. The molecule has 15 atom stereocenters. The van der Waals surface area contributed by atoms with Crippen LogP contribution in [-0.2, 0) is 72.7 Å². The summed E-state index contributed by atoms with van der Waals surface area (Å²) in [6.45, 7) is -1.47. The molecule has 0 aromatic rings. The van der Waals surface area contributed by atoms with Gasteiger partial charge < -0.3 is 64.7 Å². The fourth-order valence-corrected chi connectivity index (χ4v) is 6.51. The number of hydrogen-bond donors (Lipinski definition) is 12. The van der Waals surface area contributed by atoms with Crippen molar-refractivity contribution in [2.45, 2.75) is 98.9 Å².